The van der Waals surface area contributed by atoms with E-state index in [0.717, 1.165) is 11.5 Å². The van der Waals surface area contributed by atoms with E-state index in [0.29, 0.717) is 17.5 Å². The summed E-state index contributed by atoms with van der Waals surface area (Å²) in [7, 11) is 0. The van der Waals surface area contributed by atoms with Crippen molar-refractivity contribution in [1.82, 2.24) is 5.32 Å². The fraction of sp³-hybridized carbons (Fsp3) is 0.583. The van der Waals surface area contributed by atoms with E-state index >= 15 is 0 Å². The Hall–Kier alpha value is -2.35. The molecule has 10 nitrogen and oxygen atoms in total. The van der Waals surface area contributed by atoms with Crippen LogP contribution < -0.4 is 21.8 Å². The van der Waals surface area contributed by atoms with Crippen LogP contribution in [0.25, 0.3) is 6.08 Å². The van der Waals surface area contributed by atoms with Crippen LogP contribution in [0.4, 0.5) is 8.78 Å². The second kappa shape index (κ2) is 16.5. The van der Waals surface area contributed by atoms with Crippen LogP contribution >= 0.6 is 11.6 Å². The molecule has 0 spiro atoms. The Labute approximate surface area is 220 Å². The van der Waals surface area contributed by atoms with Gasteiger partial charge in [0.1, 0.15) is 5.75 Å². The van der Waals surface area contributed by atoms with Crippen molar-refractivity contribution < 1.29 is 48.9 Å². The predicted octanol–water partition coefficient (Wildman–Crippen LogP) is 3.15. The molecule has 2 atom stereocenters. The summed E-state index contributed by atoms with van der Waals surface area (Å²) in [5, 5.41) is 17.4. The molecule has 0 saturated carbocycles. The van der Waals surface area contributed by atoms with E-state index < -0.39 is 24.8 Å². The molecule has 1 fully saturated rings. The van der Waals surface area contributed by atoms with Gasteiger partial charge in [0.15, 0.2) is 6.10 Å². The van der Waals surface area contributed by atoms with Gasteiger partial charge in [0.2, 0.25) is 6.79 Å². The van der Waals surface area contributed by atoms with Crippen molar-refractivity contribution in [3.63, 3.8) is 0 Å². The van der Waals surface area contributed by atoms with Gasteiger partial charge in [-0.1, -0.05) is 39.3 Å². The molecule has 0 aromatic heterocycles. The molecule has 13 heteroatoms. The van der Waals surface area contributed by atoms with Gasteiger partial charge in [0, 0.05) is 17.5 Å². The van der Waals surface area contributed by atoms with Crippen LogP contribution in [0.2, 0.25) is 5.02 Å². The van der Waals surface area contributed by atoms with Gasteiger partial charge in [0.05, 0.1) is 5.57 Å². The molecule has 2 unspecified atom stereocenters. The van der Waals surface area contributed by atoms with Crippen LogP contribution in [0.3, 0.4) is 0 Å². The number of fused-ring (bicyclic) bond motifs is 1. The number of carbonyl (C=O) groups is 2. The van der Waals surface area contributed by atoms with Crippen LogP contribution in [0.5, 0.6) is 5.75 Å². The number of nitrogens with two attached hydrogens (primary N) is 1. The number of rotatable bonds is 4. The van der Waals surface area contributed by atoms with E-state index in [1.807, 2.05) is 20.8 Å². The van der Waals surface area contributed by atoms with Gasteiger partial charge in [-0.2, -0.15) is 0 Å². The minimum atomic E-state index is -3.31. The van der Waals surface area contributed by atoms with Crippen LogP contribution in [0, 0.1) is 5.92 Å². The number of quaternary nitrogens is 1. The summed E-state index contributed by atoms with van der Waals surface area (Å²) in [5.41, 5.74) is 0.527. The number of hydrogen-bond donors (Lipinski definition) is 5. The zero-order chi connectivity index (χ0) is 28.8. The Morgan fingerprint density at radius 3 is 2.32 bits per heavy atom. The van der Waals surface area contributed by atoms with Crippen LogP contribution in [0.1, 0.15) is 58.6 Å². The Kier molecular flexibility index (Phi) is 15.4. The number of ether oxygens (including phenoxy) is 2. The Morgan fingerprint density at radius 2 is 1.92 bits per heavy atom. The number of nitrogens with one attached hydrogen (secondary N) is 1. The first kappa shape index (κ1) is 34.6. The Balaban J connectivity index is 0.000000895. The van der Waals surface area contributed by atoms with E-state index in [1.165, 1.54) is 32.0 Å². The Morgan fingerprint density at radius 1 is 1.32 bits per heavy atom. The monoisotopic (exact) mass is 554 g/mol. The number of piperidine rings is 1. The fourth-order valence-corrected chi connectivity index (χ4v) is 3.99. The average molecular weight is 555 g/mol. The molecular weight excluding hydrogens is 516 g/mol. The summed E-state index contributed by atoms with van der Waals surface area (Å²) in [4.78, 5) is 24.6. The van der Waals surface area contributed by atoms with Gasteiger partial charge in [-0.3, -0.25) is 9.63 Å². The van der Waals surface area contributed by atoms with Gasteiger partial charge in [-0.25, -0.2) is 30.6 Å². The maximum absolute atomic E-state index is 14.0. The zero-order valence-electron chi connectivity index (χ0n) is 21.9. The minimum absolute atomic E-state index is 0.229. The first-order valence-corrected chi connectivity index (χ1v) is 11.8. The number of carboxylic acid groups (broad SMARTS) is 1. The minimum Gasteiger partial charge on any atom is -0.483 e. The van der Waals surface area contributed by atoms with Gasteiger partial charge in [-0.05, 0) is 61.0 Å². The molecule has 1 aromatic rings. The largest absolute Gasteiger partial charge is 0.483 e. The van der Waals surface area contributed by atoms with Crippen LogP contribution in [0.15, 0.2) is 17.7 Å². The molecular formula is C24H39ClF2N3O7+. The molecule has 1 aromatic carbocycles. The highest BCUT2D eigenvalue weighted by atomic mass is 35.5. The summed E-state index contributed by atoms with van der Waals surface area (Å²) in [6.45, 7) is 10.5. The molecule has 0 radical (unpaired) electrons. The third kappa shape index (κ3) is 11.7. The third-order valence-corrected chi connectivity index (χ3v) is 5.56. The lowest BCUT2D eigenvalue weighted by Crippen LogP contribution is -2.42. The van der Waals surface area contributed by atoms with E-state index in [-0.39, 0.29) is 23.2 Å². The van der Waals surface area contributed by atoms with Crippen molar-refractivity contribution in [2.24, 2.45) is 11.8 Å². The van der Waals surface area contributed by atoms with Gasteiger partial charge >= 0.3 is 5.97 Å². The summed E-state index contributed by atoms with van der Waals surface area (Å²) in [6, 6.07) is 3.20. The summed E-state index contributed by atoms with van der Waals surface area (Å²) >= 11 is 6.30. The van der Waals surface area contributed by atoms with Gasteiger partial charge in [0.25, 0.3) is 12.4 Å². The van der Waals surface area contributed by atoms with E-state index in [1.54, 1.807) is 12.1 Å². The summed E-state index contributed by atoms with van der Waals surface area (Å²) < 4.78 is 38.1. The summed E-state index contributed by atoms with van der Waals surface area (Å²) in [5.74, 6) is 3.88. The SMILES string of the molecule is CC(C)(C)c1cc2c(cc1Cl)C=C(C(=O)OCON)C(C(C)(F)F)O2.CC1CCCNC1.O=CO.[NH3+]O. The molecule has 2 aliphatic heterocycles. The molecule has 212 valence electrons. The van der Waals surface area contributed by atoms with Crippen LogP contribution in [-0.2, 0) is 24.6 Å². The first-order chi connectivity index (χ1) is 17.3. The topological polar surface area (TPSA) is 168 Å². The van der Waals surface area contributed by atoms with Gasteiger partial charge in [-0.15, -0.1) is 0 Å². The molecule has 1 saturated heterocycles. The van der Waals surface area contributed by atoms with Gasteiger partial charge < -0.3 is 19.9 Å². The highest BCUT2D eigenvalue weighted by Gasteiger charge is 2.44. The second-order valence-electron chi connectivity index (χ2n) is 9.45. The molecule has 37 heavy (non-hydrogen) atoms. The van der Waals surface area contributed by atoms with Crippen molar-refractivity contribution >= 4 is 30.1 Å². The standard InChI is InChI=1S/C17H20ClF2NO4.C6H13N.CH2O2.H4NO/c1-16(2,3)11-7-13-9(6-12(11)18)5-10(15(22)23-8-24-21)14(25-13)17(4,19)20;1-6-3-2-4-7-5-6;2-1-3;1-2/h5-7,14H,8,21H2,1-4H3;6-7H,2-5H2,1H3;1H,(H,2,3);2H,1H3/q;;;+1. The fourth-order valence-electron chi connectivity index (χ4n) is 3.53. The van der Waals surface area contributed by atoms with E-state index in [9.17, 15) is 13.6 Å². The van der Waals surface area contributed by atoms with E-state index in [2.05, 4.69) is 27.7 Å². The maximum atomic E-state index is 14.0. The lowest BCUT2D eigenvalue weighted by atomic mass is 9.85. The number of halogens is 3. The van der Waals surface area contributed by atoms with Crippen molar-refractivity contribution in [1.29, 1.82) is 0 Å². The average Bonchev–Trinajstić information content (AvgIpc) is 2.82. The molecule has 3 rings (SSSR count). The molecule has 2 aliphatic rings. The predicted molar refractivity (Wildman–Crippen MR) is 134 cm³/mol. The molecule has 0 amide bonds. The highest BCUT2D eigenvalue weighted by molar-refractivity contribution is 6.31. The summed E-state index contributed by atoms with van der Waals surface area (Å²) in [6.07, 6.45) is 2.30. The van der Waals surface area contributed by atoms with Crippen molar-refractivity contribution in [3.05, 3.63) is 33.9 Å². The number of esters is 1. The number of alkyl halides is 2. The number of benzene rings is 1. The Bertz CT molecular complexity index is 884. The molecule has 0 aliphatic carbocycles. The smallest absolute Gasteiger partial charge is 0.340 e. The quantitative estimate of drug-likeness (QED) is 0.162. The van der Waals surface area contributed by atoms with Crippen molar-refractivity contribution in [3.8, 4) is 5.75 Å². The number of carbonyl (C=O) groups excluding carboxylic acids is 1. The molecule has 0 bridgehead atoms. The van der Waals surface area contributed by atoms with E-state index in [4.69, 9.17) is 37.3 Å². The molecule has 8 N–H and O–H groups in total. The first-order valence-electron chi connectivity index (χ1n) is 11.4. The zero-order valence-corrected chi connectivity index (χ0v) is 22.6. The third-order valence-electron chi connectivity index (χ3n) is 5.24. The van der Waals surface area contributed by atoms with Crippen molar-refractivity contribution in [2.45, 2.75) is 64.9 Å². The maximum Gasteiger partial charge on any atom is 0.340 e. The van der Waals surface area contributed by atoms with Crippen LogP contribution in [-0.4, -0.2) is 54.7 Å². The second-order valence-corrected chi connectivity index (χ2v) is 9.85. The lowest BCUT2D eigenvalue weighted by molar-refractivity contribution is -0.670. The normalized spacial score (nSPS) is 18.5. The number of hydrogen-bond acceptors (Lipinski definition) is 8. The lowest BCUT2D eigenvalue weighted by Gasteiger charge is -2.31. The van der Waals surface area contributed by atoms with Crippen molar-refractivity contribution in [2.75, 3.05) is 19.9 Å². The molecule has 2 heterocycles. The highest BCUT2D eigenvalue weighted by Crippen LogP contribution is 2.41.